The van der Waals surface area contributed by atoms with Crippen molar-refractivity contribution in [2.24, 2.45) is 0 Å². The summed E-state index contributed by atoms with van der Waals surface area (Å²) < 4.78 is 6.85. The zero-order valence-electron chi connectivity index (χ0n) is 31.0. The summed E-state index contributed by atoms with van der Waals surface area (Å²) >= 11 is 0. The summed E-state index contributed by atoms with van der Waals surface area (Å²) in [6.45, 7) is 0. The molecule has 0 atom stereocenters. The van der Waals surface area contributed by atoms with Crippen LogP contribution in [0.25, 0.3) is 120 Å². The SMILES string of the molecule is c1ccc(-c2c3ccccc3c(-c3cccc4oc5cccc(-c6c7ccccc7c(-c7ccc8ccccc8c7)c7ccccc67)c5c34)c3ccccc23)cc1. The van der Waals surface area contributed by atoms with Crippen molar-refractivity contribution in [1.82, 2.24) is 0 Å². The first kappa shape index (κ1) is 31.8. The highest BCUT2D eigenvalue weighted by atomic mass is 16.3. The van der Waals surface area contributed by atoms with Gasteiger partial charge in [-0.2, -0.15) is 0 Å². The summed E-state index contributed by atoms with van der Waals surface area (Å²) in [7, 11) is 0. The molecule has 1 aromatic heterocycles. The second-order valence-electron chi connectivity index (χ2n) is 15.1. The molecule has 0 unspecified atom stereocenters. The van der Waals surface area contributed by atoms with Crippen LogP contribution in [0.3, 0.4) is 0 Å². The van der Waals surface area contributed by atoms with Crippen molar-refractivity contribution >= 4 is 75.8 Å². The van der Waals surface area contributed by atoms with E-state index >= 15 is 0 Å². The fraction of sp³-hybridized carbons (Fsp3) is 0. The lowest BCUT2D eigenvalue weighted by Crippen LogP contribution is -1.92. The van der Waals surface area contributed by atoms with Crippen LogP contribution in [-0.4, -0.2) is 0 Å². The third-order valence-corrected chi connectivity index (χ3v) is 12.0. The van der Waals surface area contributed by atoms with Gasteiger partial charge in [-0.05, 0) is 117 Å². The molecule has 12 rings (SSSR count). The second kappa shape index (κ2) is 12.5. The van der Waals surface area contributed by atoms with E-state index < -0.39 is 0 Å². The average molecular weight is 723 g/mol. The molecule has 11 aromatic carbocycles. The van der Waals surface area contributed by atoms with Crippen molar-refractivity contribution in [3.8, 4) is 44.5 Å². The van der Waals surface area contributed by atoms with Crippen LogP contribution in [0.15, 0.2) is 211 Å². The monoisotopic (exact) mass is 722 g/mol. The van der Waals surface area contributed by atoms with Crippen LogP contribution in [0, 0.1) is 0 Å². The van der Waals surface area contributed by atoms with Crippen molar-refractivity contribution in [1.29, 1.82) is 0 Å². The van der Waals surface area contributed by atoms with Crippen molar-refractivity contribution < 1.29 is 4.42 Å². The maximum Gasteiger partial charge on any atom is 0.136 e. The highest BCUT2D eigenvalue weighted by Crippen LogP contribution is 2.51. The van der Waals surface area contributed by atoms with Gasteiger partial charge in [-0.1, -0.05) is 188 Å². The Morgan fingerprint density at radius 3 is 1.11 bits per heavy atom. The molecule has 57 heavy (non-hydrogen) atoms. The van der Waals surface area contributed by atoms with E-state index in [9.17, 15) is 0 Å². The van der Waals surface area contributed by atoms with Gasteiger partial charge in [0.2, 0.25) is 0 Å². The van der Waals surface area contributed by atoms with E-state index in [2.05, 4.69) is 206 Å². The molecule has 0 aliphatic carbocycles. The molecule has 0 fully saturated rings. The maximum atomic E-state index is 6.85. The lowest BCUT2D eigenvalue weighted by atomic mass is 9.83. The Morgan fingerprint density at radius 2 is 0.632 bits per heavy atom. The van der Waals surface area contributed by atoms with Gasteiger partial charge in [0.05, 0.1) is 0 Å². The van der Waals surface area contributed by atoms with Crippen molar-refractivity contribution in [3.63, 3.8) is 0 Å². The van der Waals surface area contributed by atoms with Gasteiger partial charge in [0, 0.05) is 10.8 Å². The summed E-state index contributed by atoms with van der Waals surface area (Å²) in [6.07, 6.45) is 0. The first-order chi connectivity index (χ1) is 28.3. The topological polar surface area (TPSA) is 13.1 Å². The summed E-state index contributed by atoms with van der Waals surface area (Å²) in [5.74, 6) is 0. The second-order valence-corrected chi connectivity index (χ2v) is 15.1. The molecule has 1 heterocycles. The van der Waals surface area contributed by atoms with Gasteiger partial charge in [-0.25, -0.2) is 0 Å². The van der Waals surface area contributed by atoms with Gasteiger partial charge >= 0.3 is 0 Å². The fourth-order valence-corrected chi connectivity index (χ4v) is 9.69. The lowest BCUT2D eigenvalue weighted by molar-refractivity contribution is 0.669. The van der Waals surface area contributed by atoms with Crippen LogP contribution in [0.1, 0.15) is 0 Å². The van der Waals surface area contributed by atoms with Gasteiger partial charge in [0.1, 0.15) is 11.2 Å². The molecule has 0 aliphatic heterocycles. The van der Waals surface area contributed by atoms with E-state index in [1.54, 1.807) is 0 Å². The van der Waals surface area contributed by atoms with Crippen LogP contribution in [0.4, 0.5) is 0 Å². The number of fused-ring (bicyclic) bond motifs is 8. The van der Waals surface area contributed by atoms with Crippen molar-refractivity contribution in [2.75, 3.05) is 0 Å². The van der Waals surface area contributed by atoms with Gasteiger partial charge in [0.25, 0.3) is 0 Å². The van der Waals surface area contributed by atoms with Crippen LogP contribution < -0.4 is 0 Å². The normalized spacial score (nSPS) is 11.9. The van der Waals surface area contributed by atoms with Crippen LogP contribution in [0.5, 0.6) is 0 Å². The smallest absolute Gasteiger partial charge is 0.136 e. The van der Waals surface area contributed by atoms with E-state index in [1.807, 2.05) is 0 Å². The molecule has 0 radical (unpaired) electrons. The number of benzene rings is 11. The van der Waals surface area contributed by atoms with E-state index in [0.29, 0.717) is 0 Å². The Kier molecular flexibility index (Phi) is 7.00. The number of hydrogen-bond acceptors (Lipinski definition) is 1. The van der Waals surface area contributed by atoms with E-state index in [1.165, 1.54) is 98.4 Å². The van der Waals surface area contributed by atoms with E-state index in [4.69, 9.17) is 4.42 Å². The van der Waals surface area contributed by atoms with Crippen molar-refractivity contribution in [3.05, 3.63) is 206 Å². The largest absolute Gasteiger partial charge is 0.456 e. The predicted octanol–water partition coefficient (Wildman–Crippen LogP) is 16.0. The molecular weight excluding hydrogens is 689 g/mol. The number of rotatable bonds is 4. The molecule has 0 bridgehead atoms. The first-order valence-corrected chi connectivity index (χ1v) is 19.7. The Bertz CT molecular complexity index is 3460. The molecular formula is C56H34O. The minimum atomic E-state index is 0.885. The molecule has 0 N–H and O–H groups in total. The molecule has 0 aliphatic rings. The Morgan fingerprint density at radius 1 is 0.246 bits per heavy atom. The minimum absolute atomic E-state index is 0.885. The predicted molar refractivity (Wildman–Crippen MR) is 243 cm³/mol. The maximum absolute atomic E-state index is 6.85. The quantitative estimate of drug-likeness (QED) is 0.165. The molecule has 264 valence electrons. The third kappa shape index (κ3) is 4.76. The molecule has 1 heteroatoms. The Labute approximate surface area is 329 Å². The fourth-order valence-electron chi connectivity index (χ4n) is 9.69. The van der Waals surface area contributed by atoms with Crippen molar-refractivity contribution in [2.45, 2.75) is 0 Å². The molecule has 12 aromatic rings. The minimum Gasteiger partial charge on any atom is -0.456 e. The highest BCUT2D eigenvalue weighted by molar-refractivity contribution is 6.30. The average Bonchev–Trinajstić information content (AvgIpc) is 3.67. The molecule has 0 saturated carbocycles. The molecule has 0 spiro atoms. The number of furan rings is 1. The van der Waals surface area contributed by atoms with E-state index in [0.717, 1.165) is 21.9 Å². The zero-order valence-corrected chi connectivity index (χ0v) is 31.0. The summed E-state index contributed by atoms with van der Waals surface area (Å²) in [5.41, 5.74) is 11.5. The lowest BCUT2D eigenvalue weighted by Gasteiger charge is -2.19. The third-order valence-electron chi connectivity index (χ3n) is 12.0. The van der Waals surface area contributed by atoms with Crippen LogP contribution >= 0.6 is 0 Å². The Hall–Kier alpha value is -7.48. The molecule has 1 nitrogen and oxygen atoms in total. The first-order valence-electron chi connectivity index (χ1n) is 19.7. The van der Waals surface area contributed by atoms with Gasteiger partial charge in [-0.15, -0.1) is 0 Å². The summed E-state index contributed by atoms with van der Waals surface area (Å²) in [4.78, 5) is 0. The number of hydrogen-bond donors (Lipinski definition) is 0. The molecule has 0 saturated heterocycles. The summed E-state index contributed by atoms with van der Waals surface area (Å²) in [6, 6.07) is 75.2. The Balaban J connectivity index is 1.20. The van der Waals surface area contributed by atoms with Gasteiger partial charge < -0.3 is 4.42 Å². The van der Waals surface area contributed by atoms with Gasteiger partial charge in [-0.3, -0.25) is 0 Å². The van der Waals surface area contributed by atoms with Gasteiger partial charge in [0.15, 0.2) is 0 Å². The summed E-state index contributed by atoms with van der Waals surface area (Å²) in [5, 5.41) is 14.6. The zero-order chi connectivity index (χ0) is 37.5. The van der Waals surface area contributed by atoms with Crippen LogP contribution in [0.2, 0.25) is 0 Å². The van der Waals surface area contributed by atoms with E-state index in [-0.39, 0.29) is 0 Å². The standard InChI is InChI=1S/C56H34O/c1-2-17-36(18-3-1)51-39-20-6-10-24-43(39)53(44-25-11-7-21-40(44)51)47-28-14-30-49-55(47)56-48(29-15-31-50(56)57-49)54-45-26-12-8-22-41(45)52(42-23-9-13-27-46(42)54)38-33-32-35-16-4-5-19-37(35)34-38/h1-34H. The van der Waals surface area contributed by atoms with Crippen LogP contribution in [-0.2, 0) is 0 Å². The highest BCUT2D eigenvalue weighted by Gasteiger charge is 2.24. The molecule has 0 amide bonds.